The van der Waals surface area contributed by atoms with Gasteiger partial charge >= 0.3 is 0 Å². The third-order valence-corrected chi connectivity index (χ3v) is 2.28. The fourth-order valence-electron chi connectivity index (χ4n) is 1.44. The Morgan fingerprint density at radius 2 is 2.00 bits per heavy atom. The lowest BCUT2D eigenvalue weighted by atomic mass is 10.2. The Kier molecular flexibility index (Phi) is 4.14. The van der Waals surface area contributed by atoms with Crippen LogP contribution in [0.2, 0.25) is 0 Å². The van der Waals surface area contributed by atoms with Crippen molar-refractivity contribution in [3.63, 3.8) is 0 Å². The molecule has 1 unspecified atom stereocenters. The van der Waals surface area contributed by atoms with Gasteiger partial charge in [-0.25, -0.2) is 0 Å². The number of hydrogen-bond acceptors (Lipinski definition) is 4. The lowest BCUT2D eigenvalue weighted by molar-refractivity contribution is -0.119. The molecule has 0 aromatic rings. The molecule has 0 aromatic carbocycles. The van der Waals surface area contributed by atoms with Gasteiger partial charge in [-0.2, -0.15) is 0 Å². The van der Waals surface area contributed by atoms with Crippen LogP contribution < -0.4 is 5.73 Å². The predicted molar refractivity (Wildman–Crippen MR) is 49.1 cm³/mol. The number of hydrogen-bond donors (Lipinski definition) is 2. The van der Waals surface area contributed by atoms with Crippen molar-refractivity contribution >= 4 is 6.41 Å². The maximum Gasteiger partial charge on any atom is 0.209 e. The topological polar surface area (TPSA) is 69.8 Å². The van der Waals surface area contributed by atoms with Crippen LogP contribution in [0.25, 0.3) is 0 Å². The molecule has 0 radical (unpaired) electrons. The first-order valence-electron chi connectivity index (χ1n) is 4.54. The average Bonchev–Trinajstić information content (AvgIpc) is 2.19. The summed E-state index contributed by atoms with van der Waals surface area (Å²) in [5, 5.41) is 8.75. The Hall–Kier alpha value is -0.650. The highest BCUT2D eigenvalue weighted by molar-refractivity contribution is 5.47. The first-order chi connectivity index (χ1) is 6.26. The molecule has 5 heteroatoms. The molecule has 1 fully saturated rings. The molecule has 1 heterocycles. The molecule has 76 valence electrons. The van der Waals surface area contributed by atoms with Crippen molar-refractivity contribution in [2.75, 3.05) is 39.3 Å². The second kappa shape index (κ2) is 5.16. The van der Waals surface area contributed by atoms with Gasteiger partial charge in [0.1, 0.15) is 0 Å². The number of nitrogens with zero attached hydrogens (tertiary/aromatic N) is 2. The maximum atomic E-state index is 10.4. The van der Waals surface area contributed by atoms with Crippen molar-refractivity contribution in [3.05, 3.63) is 0 Å². The standard InChI is InChI=1S/C8H17N3O2/c9-8(6-12)5-10-1-3-11(7-13)4-2-10/h7-8,12H,1-6,9H2. The minimum Gasteiger partial charge on any atom is -0.395 e. The lowest BCUT2D eigenvalue weighted by Crippen LogP contribution is -2.50. The number of aliphatic hydroxyl groups excluding tert-OH is 1. The summed E-state index contributed by atoms with van der Waals surface area (Å²) in [5.74, 6) is 0. The first kappa shape index (κ1) is 10.4. The van der Waals surface area contributed by atoms with E-state index in [1.54, 1.807) is 4.90 Å². The number of amides is 1. The van der Waals surface area contributed by atoms with E-state index in [9.17, 15) is 4.79 Å². The molecule has 1 atom stereocenters. The number of piperazine rings is 1. The van der Waals surface area contributed by atoms with Gasteiger partial charge in [-0.3, -0.25) is 9.69 Å². The van der Waals surface area contributed by atoms with Crippen molar-refractivity contribution in [2.45, 2.75) is 6.04 Å². The van der Waals surface area contributed by atoms with E-state index in [1.807, 2.05) is 0 Å². The van der Waals surface area contributed by atoms with Crippen LogP contribution in [0.3, 0.4) is 0 Å². The minimum absolute atomic E-state index is 0.0217. The molecular weight excluding hydrogens is 170 g/mol. The van der Waals surface area contributed by atoms with Gasteiger partial charge in [0, 0.05) is 38.8 Å². The van der Waals surface area contributed by atoms with Crippen LogP contribution in [0.5, 0.6) is 0 Å². The Morgan fingerprint density at radius 3 is 2.46 bits per heavy atom. The van der Waals surface area contributed by atoms with E-state index < -0.39 is 0 Å². The number of carbonyl (C=O) groups excluding carboxylic acids is 1. The lowest BCUT2D eigenvalue weighted by Gasteiger charge is -2.33. The summed E-state index contributed by atoms with van der Waals surface area (Å²) >= 11 is 0. The summed E-state index contributed by atoms with van der Waals surface area (Å²) < 4.78 is 0. The van der Waals surface area contributed by atoms with Crippen LogP contribution >= 0.6 is 0 Å². The van der Waals surface area contributed by atoms with Gasteiger partial charge < -0.3 is 15.7 Å². The fourth-order valence-corrected chi connectivity index (χ4v) is 1.44. The molecule has 0 saturated carbocycles. The number of nitrogens with two attached hydrogens (primary N) is 1. The van der Waals surface area contributed by atoms with E-state index in [2.05, 4.69) is 4.90 Å². The number of rotatable bonds is 4. The molecule has 0 aromatic heterocycles. The van der Waals surface area contributed by atoms with Gasteiger partial charge in [0.05, 0.1) is 6.61 Å². The molecule has 13 heavy (non-hydrogen) atoms. The Bertz CT molecular complexity index is 157. The summed E-state index contributed by atoms with van der Waals surface area (Å²) in [5.41, 5.74) is 5.60. The fraction of sp³-hybridized carbons (Fsp3) is 0.875. The van der Waals surface area contributed by atoms with Gasteiger partial charge in [-0.15, -0.1) is 0 Å². The average molecular weight is 187 g/mol. The second-order valence-corrected chi connectivity index (χ2v) is 3.38. The molecule has 5 nitrogen and oxygen atoms in total. The molecule has 1 amide bonds. The molecule has 0 spiro atoms. The van der Waals surface area contributed by atoms with Crippen molar-refractivity contribution in [2.24, 2.45) is 5.73 Å². The van der Waals surface area contributed by atoms with Gasteiger partial charge in [0.2, 0.25) is 6.41 Å². The van der Waals surface area contributed by atoms with E-state index in [-0.39, 0.29) is 12.6 Å². The zero-order valence-electron chi connectivity index (χ0n) is 7.72. The molecular formula is C8H17N3O2. The Morgan fingerprint density at radius 1 is 1.38 bits per heavy atom. The summed E-state index contributed by atoms with van der Waals surface area (Å²) in [6, 6.07) is -0.164. The largest absolute Gasteiger partial charge is 0.395 e. The van der Waals surface area contributed by atoms with Crippen LogP contribution in [-0.2, 0) is 4.79 Å². The van der Waals surface area contributed by atoms with Crippen LogP contribution in [0.4, 0.5) is 0 Å². The van der Waals surface area contributed by atoms with E-state index in [0.717, 1.165) is 32.6 Å². The summed E-state index contributed by atoms with van der Waals surface area (Å²) in [7, 11) is 0. The van der Waals surface area contributed by atoms with Crippen LogP contribution in [0.1, 0.15) is 0 Å². The highest BCUT2D eigenvalue weighted by Gasteiger charge is 2.16. The minimum atomic E-state index is -0.164. The van der Waals surface area contributed by atoms with Crippen molar-refractivity contribution in [3.8, 4) is 0 Å². The molecule has 0 aliphatic carbocycles. The molecule has 1 saturated heterocycles. The highest BCUT2D eigenvalue weighted by Crippen LogP contribution is 1.99. The van der Waals surface area contributed by atoms with E-state index in [0.29, 0.717) is 6.54 Å². The maximum absolute atomic E-state index is 10.4. The normalized spacial score (nSPS) is 21.5. The van der Waals surface area contributed by atoms with Crippen molar-refractivity contribution < 1.29 is 9.90 Å². The van der Waals surface area contributed by atoms with Crippen molar-refractivity contribution in [1.29, 1.82) is 0 Å². The van der Waals surface area contributed by atoms with E-state index in [1.165, 1.54) is 0 Å². The first-order valence-corrected chi connectivity index (χ1v) is 4.54. The molecule has 1 aliphatic rings. The second-order valence-electron chi connectivity index (χ2n) is 3.38. The summed E-state index contributed by atoms with van der Waals surface area (Å²) in [6.07, 6.45) is 0.878. The molecule has 1 aliphatic heterocycles. The van der Waals surface area contributed by atoms with Gasteiger partial charge in [0.25, 0.3) is 0 Å². The van der Waals surface area contributed by atoms with Gasteiger partial charge in [0.15, 0.2) is 0 Å². The third kappa shape index (κ3) is 3.30. The van der Waals surface area contributed by atoms with Gasteiger partial charge in [-0.05, 0) is 0 Å². The Labute approximate surface area is 78.1 Å². The molecule has 1 rings (SSSR count). The van der Waals surface area contributed by atoms with E-state index in [4.69, 9.17) is 10.8 Å². The van der Waals surface area contributed by atoms with Gasteiger partial charge in [-0.1, -0.05) is 0 Å². The smallest absolute Gasteiger partial charge is 0.209 e. The third-order valence-electron chi connectivity index (χ3n) is 2.28. The summed E-state index contributed by atoms with van der Waals surface area (Å²) in [4.78, 5) is 14.3. The zero-order valence-corrected chi connectivity index (χ0v) is 7.72. The monoisotopic (exact) mass is 187 g/mol. The number of carbonyl (C=O) groups is 1. The van der Waals surface area contributed by atoms with E-state index >= 15 is 0 Å². The number of aliphatic hydroxyl groups is 1. The molecule has 3 N–H and O–H groups in total. The summed E-state index contributed by atoms with van der Waals surface area (Å²) in [6.45, 7) is 3.97. The van der Waals surface area contributed by atoms with Crippen LogP contribution in [-0.4, -0.2) is 66.7 Å². The van der Waals surface area contributed by atoms with Crippen LogP contribution in [0.15, 0.2) is 0 Å². The van der Waals surface area contributed by atoms with Crippen molar-refractivity contribution in [1.82, 2.24) is 9.80 Å². The molecule has 0 bridgehead atoms. The SMILES string of the molecule is NC(CO)CN1CCN(C=O)CC1. The Balaban J connectivity index is 2.20. The quantitative estimate of drug-likeness (QED) is 0.503. The van der Waals surface area contributed by atoms with Crippen LogP contribution in [0, 0.1) is 0 Å². The highest BCUT2D eigenvalue weighted by atomic mass is 16.3. The predicted octanol–water partition coefficient (Wildman–Crippen LogP) is -1.92. The zero-order chi connectivity index (χ0) is 9.68.